The summed E-state index contributed by atoms with van der Waals surface area (Å²) >= 11 is 5.39. The first kappa shape index (κ1) is 30.4. The molecule has 3 aliphatic heterocycles. The van der Waals surface area contributed by atoms with Crippen molar-refractivity contribution in [1.29, 1.82) is 0 Å². The van der Waals surface area contributed by atoms with Crippen molar-refractivity contribution in [2.45, 2.75) is 58.2 Å². The van der Waals surface area contributed by atoms with Gasteiger partial charge in [-0.1, -0.05) is 0 Å². The number of nitrogens with zero attached hydrogens (tertiary/aromatic N) is 6. The summed E-state index contributed by atoms with van der Waals surface area (Å²) in [6, 6.07) is 19.2. The second-order valence-electron chi connectivity index (χ2n) is 13.6. The number of aromatic nitrogens is 3. The molecule has 0 unspecified atom stereocenters. The zero-order valence-corrected chi connectivity index (χ0v) is 28.9. The van der Waals surface area contributed by atoms with Crippen molar-refractivity contribution in [2.24, 2.45) is 15.0 Å². The summed E-state index contributed by atoms with van der Waals surface area (Å²) in [5.41, 5.74) is 8.82. The molecule has 7 rings (SSSR count). The van der Waals surface area contributed by atoms with Crippen LogP contribution in [0.1, 0.15) is 58.2 Å². The molecule has 0 spiro atoms. The van der Waals surface area contributed by atoms with Gasteiger partial charge in [-0.2, -0.15) is 0 Å². The van der Waals surface area contributed by atoms with E-state index in [2.05, 4.69) is 96.1 Å². The Bertz CT molecular complexity index is 1620. The Hall–Kier alpha value is -3.27. The average molecular weight is 649 g/mol. The van der Waals surface area contributed by atoms with E-state index in [1.54, 1.807) is 35.3 Å². The third-order valence-corrected chi connectivity index (χ3v) is 12.1. The van der Waals surface area contributed by atoms with Crippen molar-refractivity contribution in [2.75, 3.05) is 17.3 Å². The fraction of sp³-hybridized carbons (Fsp3) is 0.333. The molecule has 0 saturated heterocycles. The number of hydrogen-bond donors (Lipinski definition) is 0. The van der Waals surface area contributed by atoms with E-state index in [4.69, 9.17) is 29.9 Å². The Balaban J connectivity index is 1.25. The Morgan fingerprint density at radius 3 is 0.911 bits per heavy atom. The highest BCUT2D eigenvalue weighted by molar-refractivity contribution is 8.15. The molecule has 0 aliphatic carbocycles. The maximum Gasteiger partial charge on any atom is 0.1000 e. The van der Waals surface area contributed by atoms with Gasteiger partial charge in [0.15, 0.2) is 0 Å². The summed E-state index contributed by atoms with van der Waals surface area (Å²) in [6.07, 6.45) is 5.83. The SMILES string of the molecule is CC1(C)CSC(c2ccc(-c3cc(-c4ccc(C5=NC(C)(C)CS5)cn4)cc(-c4ccc(C5=NC(C)(C)CS5)cn4)c3)nc2)=N1. The lowest BCUT2D eigenvalue weighted by atomic mass is 9.98. The third-order valence-electron chi connectivity index (χ3n) is 7.75. The van der Waals surface area contributed by atoms with Crippen LogP contribution >= 0.6 is 35.3 Å². The highest BCUT2D eigenvalue weighted by Crippen LogP contribution is 2.35. The first-order chi connectivity index (χ1) is 21.4. The Labute approximate surface area is 278 Å². The van der Waals surface area contributed by atoms with E-state index in [-0.39, 0.29) is 16.6 Å². The second kappa shape index (κ2) is 11.5. The van der Waals surface area contributed by atoms with Crippen LogP contribution in [0.3, 0.4) is 0 Å². The molecular weight excluding hydrogens is 613 g/mol. The van der Waals surface area contributed by atoms with Gasteiger partial charge in [0.25, 0.3) is 0 Å². The number of rotatable bonds is 6. The molecule has 0 N–H and O–H groups in total. The van der Waals surface area contributed by atoms with Gasteiger partial charge in [-0.25, -0.2) is 0 Å². The van der Waals surface area contributed by atoms with Crippen LogP contribution in [0.4, 0.5) is 0 Å². The highest BCUT2D eigenvalue weighted by atomic mass is 32.2. The zero-order chi connectivity index (χ0) is 31.4. The number of hydrogen-bond acceptors (Lipinski definition) is 9. The lowest BCUT2D eigenvalue weighted by Crippen LogP contribution is -2.15. The molecule has 0 saturated carbocycles. The molecule has 3 aromatic heterocycles. The minimum Gasteiger partial charge on any atom is -0.271 e. The molecule has 0 fully saturated rings. The topological polar surface area (TPSA) is 75.8 Å². The number of benzene rings is 1. The van der Waals surface area contributed by atoms with Crippen LogP contribution in [0.15, 0.2) is 88.2 Å². The van der Waals surface area contributed by atoms with Gasteiger partial charge in [0.2, 0.25) is 0 Å². The van der Waals surface area contributed by atoms with Crippen molar-refractivity contribution in [3.05, 3.63) is 89.9 Å². The maximum atomic E-state index is 4.90. The minimum atomic E-state index is -0.0362. The zero-order valence-electron chi connectivity index (χ0n) is 26.5. The van der Waals surface area contributed by atoms with Gasteiger partial charge in [0.1, 0.15) is 0 Å². The smallest absolute Gasteiger partial charge is 0.1000 e. The van der Waals surface area contributed by atoms with Crippen LogP contribution in [0.2, 0.25) is 0 Å². The van der Waals surface area contributed by atoms with Crippen LogP contribution in [-0.4, -0.2) is 64.0 Å². The summed E-state index contributed by atoms with van der Waals surface area (Å²) in [5.74, 6) is 2.96. The molecule has 0 atom stereocenters. The Kier molecular flexibility index (Phi) is 7.77. The van der Waals surface area contributed by atoms with Gasteiger partial charge < -0.3 is 0 Å². The molecule has 3 aliphatic rings. The fourth-order valence-corrected chi connectivity index (χ4v) is 8.80. The van der Waals surface area contributed by atoms with Crippen LogP contribution < -0.4 is 0 Å². The predicted molar refractivity (Wildman–Crippen MR) is 195 cm³/mol. The predicted octanol–water partition coefficient (Wildman–Crippen LogP) is 8.69. The number of thioether (sulfide) groups is 3. The molecule has 0 radical (unpaired) electrons. The first-order valence-corrected chi connectivity index (χ1v) is 18.1. The number of pyridine rings is 3. The molecule has 6 nitrogen and oxygen atoms in total. The summed E-state index contributed by atoms with van der Waals surface area (Å²) in [5, 5.41) is 3.18. The summed E-state index contributed by atoms with van der Waals surface area (Å²) < 4.78 is 0. The molecule has 228 valence electrons. The monoisotopic (exact) mass is 648 g/mol. The van der Waals surface area contributed by atoms with E-state index in [0.29, 0.717) is 0 Å². The molecule has 4 aromatic rings. The van der Waals surface area contributed by atoms with E-state index in [1.165, 1.54) is 0 Å². The second-order valence-corrected chi connectivity index (χ2v) is 16.5. The fourth-order valence-electron chi connectivity index (χ4n) is 5.34. The molecule has 6 heterocycles. The first-order valence-electron chi connectivity index (χ1n) is 15.2. The van der Waals surface area contributed by atoms with Crippen LogP contribution in [0, 0.1) is 0 Å². The summed E-state index contributed by atoms with van der Waals surface area (Å²) in [6.45, 7) is 13.0. The molecular formula is C36H36N6S3. The third kappa shape index (κ3) is 6.67. The van der Waals surface area contributed by atoms with Crippen LogP contribution in [-0.2, 0) is 0 Å². The van der Waals surface area contributed by atoms with Crippen molar-refractivity contribution in [1.82, 2.24) is 15.0 Å². The summed E-state index contributed by atoms with van der Waals surface area (Å²) in [4.78, 5) is 29.4. The van der Waals surface area contributed by atoms with Crippen molar-refractivity contribution in [3.63, 3.8) is 0 Å². The van der Waals surface area contributed by atoms with E-state index < -0.39 is 0 Å². The van der Waals surface area contributed by atoms with Gasteiger partial charge >= 0.3 is 0 Å². The maximum absolute atomic E-state index is 4.90. The molecule has 0 amide bonds. The Morgan fingerprint density at radius 2 is 0.711 bits per heavy atom. The molecule has 9 heteroatoms. The van der Waals surface area contributed by atoms with E-state index in [1.807, 2.05) is 18.6 Å². The van der Waals surface area contributed by atoms with Crippen molar-refractivity contribution < 1.29 is 0 Å². The molecule has 45 heavy (non-hydrogen) atoms. The van der Waals surface area contributed by atoms with Gasteiger partial charge in [0, 0.05) is 69.2 Å². The van der Waals surface area contributed by atoms with Crippen LogP contribution in [0.25, 0.3) is 33.8 Å². The van der Waals surface area contributed by atoms with E-state index in [9.17, 15) is 0 Å². The minimum absolute atomic E-state index is 0.0362. The average Bonchev–Trinajstić information content (AvgIpc) is 3.71. The van der Waals surface area contributed by atoms with E-state index in [0.717, 1.165) is 82.9 Å². The van der Waals surface area contributed by atoms with Crippen LogP contribution in [0.5, 0.6) is 0 Å². The molecule has 1 aromatic carbocycles. The van der Waals surface area contributed by atoms with Gasteiger partial charge in [-0.3, -0.25) is 29.9 Å². The summed E-state index contributed by atoms with van der Waals surface area (Å²) in [7, 11) is 0. The standard InChI is InChI=1S/C36H36N6S3/c1-34(2)19-43-31(40-34)22-7-10-28(37-16-22)25-13-26(29-11-8-23(17-38-29)32-41-35(3,4)20-44-32)15-27(14-25)30-12-9-24(18-39-30)33-42-36(5,6)21-45-33/h7-18H,19-21H2,1-6H3. The van der Waals surface area contributed by atoms with Crippen molar-refractivity contribution >= 4 is 50.4 Å². The van der Waals surface area contributed by atoms with E-state index >= 15 is 0 Å². The van der Waals surface area contributed by atoms with Gasteiger partial charge in [0.05, 0.1) is 48.8 Å². The normalized spacial score (nSPS) is 19.7. The van der Waals surface area contributed by atoms with Gasteiger partial charge in [-0.05, 0) is 96.1 Å². The van der Waals surface area contributed by atoms with Gasteiger partial charge in [-0.15, -0.1) is 35.3 Å². The van der Waals surface area contributed by atoms with Crippen molar-refractivity contribution in [3.8, 4) is 33.8 Å². The largest absolute Gasteiger partial charge is 0.271 e. The Morgan fingerprint density at radius 1 is 0.422 bits per heavy atom. The lowest BCUT2D eigenvalue weighted by molar-refractivity contribution is 0.605. The lowest BCUT2D eigenvalue weighted by Gasteiger charge is -2.11. The molecule has 0 bridgehead atoms. The quantitative estimate of drug-likeness (QED) is 0.208. The number of aliphatic imine (C=N–C) groups is 3. The highest BCUT2D eigenvalue weighted by Gasteiger charge is 2.28.